The number of hydrogen-bond donors (Lipinski definition) is 0. The third kappa shape index (κ3) is 1.90. The van der Waals surface area contributed by atoms with Gasteiger partial charge in [-0.3, -0.25) is 0 Å². The summed E-state index contributed by atoms with van der Waals surface area (Å²) in [5.41, 5.74) is 0.693. The SMILES string of the molecule is CC(C)(C#N)c1cccc([As])c1. The van der Waals surface area contributed by atoms with Gasteiger partial charge in [-0.25, -0.2) is 0 Å². The first-order valence-electron chi connectivity index (χ1n) is 3.77. The molecule has 60 valence electrons. The molecule has 12 heavy (non-hydrogen) atoms. The number of nitriles is 1. The van der Waals surface area contributed by atoms with Gasteiger partial charge in [0.1, 0.15) is 0 Å². The molecule has 0 atom stereocenters. The molecule has 0 aliphatic carbocycles. The van der Waals surface area contributed by atoms with Crippen LogP contribution in [0.25, 0.3) is 0 Å². The van der Waals surface area contributed by atoms with Crippen molar-refractivity contribution >= 4 is 21.2 Å². The summed E-state index contributed by atoms with van der Waals surface area (Å²) >= 11 is 2.48. The van der Waals surface area contributed by atoms with Crippen LogP contribution in [0, 0.1) is 11.3 Å². The molecule has 0 aromatic heterocycles. The third-order valence-electron chi connectivity index (χ3n) is 1.85. The fraction of sp³-hybridized carbons (Fsp3) is 0.300. The second-order valence-corrected chi connectivity index (χ2v) is 4.37. The van der Waals surface area contributed by atoms with Gasteiger partial charge < -0.3 is 0 Å². The Morgan fingerprint density at radius 1 is 1.42 bits per heavy atom. The summed E-state index contributed by atoms with van der Waals surface area (Å²) in [6.45, 7) is 3.85. The van der Waals surface area contributed by atoms with E-state index in [2.05, 4.69) is 22.9 Å². The molecular weight excluding hydrogens is 209 g/mol. The summed E-state index contributed by atoms with van der Waals surface area (Å²) in [6, 6.07) is 10.3. The summed E-state index contributed by atoms with van der Waals surface area (Å²) in [7, 11) is 0. The van der Waals surface area contributed by atoms with E-state index in [1.54, 1.807) is 0 Å². The molecule has 2 radical (unpaired) electrons. The third-order valence-corrected chi connectivity index (χ3v) is 2.43. The maximum atomic E-state index is 8.88. The fourth-order valence-electron chi connectivity index (χ4n) is 0.959. The fourth-order valence-corrected chi connectivity index (χ4v) is 1.43. The van der Waals surface area contributed by atoms with E-state index >= 15 is 0 Å². The minimum absolute atomic E-state index is 0.379. The molecule has 0 saturated carbocycles. The Morgan fingerprint density at radius 2 is 2.08 bits per heavy atom. The van der Waals surface area contributed by atoms with E-state index in [-0.39, 0.29) is 5.41 Å². The van der Waals surface area contributed by atoms with Gasteiger partial charge in [-0.05, 0) is 0 Å². The van der Waals surface area contributed by atoms with Crippen molar-refractivity contribution in [2.24, 2.45) is 0 Å². The monoisotopic (exact) mass is 219 g/mol. The van der Waals surface area contributed by atoms with Crippen molar-refractivity contribution < 1.29 is 0 Å². The van der Waals surface area contributed by atoms with Crippen molar-refractivity contribution in [1.82, 2.24) is 0 Å². The van der Waals surface area contributed by atoms with Gasteiger partial charge in [0.2, 0.25) is 0 Å². The molecule has 0 bridgehead atoms. The Morgan fingerprint density at radius 3 is 2.58 bits per heavy atom. The van der Waals surface area contributed by atoms with Gasteiger partial charge in [0.25, 0.3) is 0 Å². The normalized spacial score (nSPS) is 10.8. The molecule has 0 amide bonds. The molecule has 0 aliphatic rings. The van der Waals surface area contributed by atoms with E-state index in [4.69, 9.17) is 5.26 Å². The molecule has 0 saturated heterocycles. The number of rotatable bonds is 1. The first kappa shape index (κ1) is 9.36. The van der Waals surface area contributed by atoms with Crippen molar-refractivity contribution in [2.75, 3.05) is 0 Å². The first-order valence-corrected chi connectivity index (χ1v) is 4.71. The maximum absolute atomic E-state index is 8.88. The summed E-state index contributed by atoms with van der Waals surface area (Å²) in [5.74, 6) is 0. The molecule has 0 spiro atoms. The molecule has 2 heteroatoms. The Bertz CT molecular complexity index is 323. The van der Waals surface area contributed by atoms with Gasteiger partial charge >= 0.3 is 81.6 Å². The molecule has 1 rings (SSSR count). The molecule has 0 fully saturated rings. The van der Waals surface area contributed by atoms with Crippen LogP contribution in [-0.2, 0) is 5.41 Å². The number of benzene rings is 1. The van der Waals surface area contributed by atoms with Crippen molar-refractivity contribution in [1.29, 1.82) is 5.26 Å². The van der Waals surface area contributed by atoms with E-state index in [0.717, 1.165) is 9.91 Å². The van der Waals surface area contributed by atoms with Crippen LogP contribution >= 0.6 is 0 Å². The van der Waals surface area contributed by atoms with Crippen LogP contribution in [0.1, 0.15) is 19.4 Å². The molecule has 1 aromatic rings. The van der Waals surface area contributed by atoms with Crippen LogP contribution in [0.2, 0.25) is 0 Å². The van der Waals surface area contributed by atoms with E-state index in [1.807, 2.05) is 38.1 Å². The van der Waals surface area contributed by atoms with Crippen LogP contribution in [-0.4, -0.2) is 16.9 Å². The number of hydrogen-bond acceptors (Lipinski definition) is 1. The number of nitrogens with zero attached hydrogens (tertiary/aromatic N) is 1. The Hall–Kier alpha value is -0.732. The van der Waals surface area contributed by atoms with Crippen LogP contribution in [0.5, 0.6) is 0 Å². The summed E-state index contributed by atoms with van der Waals surface area (Å²) in [4.78, 5) is 0. The Balaban J connectivity index is 3.14. The predicted molar refractivity (Wildman–Crippen MR) is 50.5 cm³/mol. The van der Waals surface area contributed by atoms with Crippen molar-refractivity contribution in [2.45, 2.75) is 19.3 Å². The zero-order valence-electron chi connectivity index (χ0n) is 7.20. The van der Waals surface area contributed by atoms with Crippen LogP contribution < -0.4 is 4.35 Å². The van der Waals surface area contributed by atoms with Gasteiger partial charge in [-0.15, -0.1) is 0 Å². The van der Waals surface area contributed by atoms with Crippen molar-refractivity contribution in [3.8, 4) is 6.07 Å². The zero-order chi connectivity index (χ0) is 9.19. The molecule has 0 heterocycles. The summed E-state index contributed by atoms with van der Waals surface area (Å²) in [5, 5.41) is 8.88. The second kappa shape index (κ2) is 3.33. The average Bonchev–Trinajstić information content (AvgIpc) is 2.05. The molecular formula is C10H10AsN. The van der Waals surface area contributed by atoms with Crippen LogP contribution in [0.3, 0.4) is 0 Å². The van der Waals surface area contributed by atoms with Crippen molar-refractivity contribution in [3.05, 3.63) is 29.8 Å². The van der Waals surface area contributed by atoms with E-state index in [0.29, 0.717) is 0 Å². The van der Waals surface area contributed by atoms with Crippen molar-refractivity contribution in [3.63, 3.8) is 0 Å². The summed E-state index contributed by atoms with van der Waals surface area (Å²) < 4.78 is 1.14. The molecule has 0 unspecified atom stereocenters. The quantitative estimate of drug-likeness (QED) is 0.653. The first-order chi connectivity index (χ1) is 5.56. The molecule has 1 aromatic carbocycles. The van der Waals surface area contributed by atoms with Crippen LogP contribution in [0.4, 0.5) is 0 Å². The topological polar surface area (TPSA) is 23.8 Å². The van der Waals surface area contributed by atoms with E-state index < -0.39 is 0 Å². The standard InChI is InChI=1S/C10H10AsN/c1-10(2,7-12)8-4-3-5-9(11)6-8/h3-6H,1-2H3. The van der Waals surface area contributed by atoms with Gasteiger partial charge in [-0.1, -0.05) is 0 Å². The van der Waals surface area contributed by atoms with Gasteiger partial charge in [-0.2, -0.15) is 0 Å². The zero-order valence-corrected chi connectivity index (χ0v) is 9.08. The second-order valence-electron chi connectivity index (χ2n) is 3.29. The van der Waals surface area contributed by atoms with Gasteiger partial charge in [0.05, 0.1) is 0 Å². The van der Waals surface area contributed by atoms with Gasteiger partial charge in [0, 0.05) is 0 Å². The molecule has 0 N–H and O–H groups in total. The van der Waals surface area contributed by atoms with E-state index in [9.17, 15) is 0 Å². The predicted octanol–water partition coefficient (Wildman–Crippen LogP) is 1.28. The Labute approximate surface area is 81.9 Å². The van der Waals surface area contributed by atoms with Gasteiger partial charge in [0.15, 0.2) is 0 Å². The minimum atomic E-state index is -0.379. The van der Waals surface area contributed by atoms with Crippen LogP contribution in [0.15, 0.2) is 24.3 Å². The van der Waals surface area contributed by atoms with E-state index in [1.165, 1.54) is 0 Å². The Kier molecular flexibility index (Phi) is 2.60. The summed E-state index contributed by atoms with van der Waals surface area (Å²) in [6.07, 6.45) is 0. The average molecular weight is 219 g/mol. The molecule has 1 nitrogen and oxygen atoms in total. The molecule has 0 aliphatic heterocycles.